The third-order valence-electron chi connectivity index (χ3n) is 6.15. The summed E-state index contributed by atoms with van der Waals surface area (Å²) in [7, 11) is 1.86. The smallest absolute Gasteiger partial charge is 0.142 e. The number of likely N-dealkylation sites (tertiary alicyclic amines) is 1. The zero-order valence-electron chi connectivity index (χ0n) is 16.6. The molecule has 29 heavy (non-hydrogen) atoms. The number of rotatable bonds is 5. The van der Waals surface area contributed by atoms with E-state index in [9.17, 15) is 4.79 Å². The first-order valence-electron chi connectivity index (χ1n) is 10.3. The van der Waals surface area contributed by atoms with Crippen LogP contribution in [0.25, 0.3) is 22.0 Å². The topological polar surface area (TPSA) is 73.1 Å². The first kappa shape index (κ1) is 18.4. The largest absolute Gasteiger partial charge is 0.378 e. The van der Waals surface area contributed by atoms with Gasteiger partial charge in [0.15, 0.2) is 0 Å². The van der Waals surface area contributed by atoms with Crippen LogP contribution in [0.4, 0.5) is 0 Å². The molecular formula is C22H25N5O2. The SMILES string of the molecule is Cn1cc(-c2ccc3cnc(CC(=O)C4CCN(C5COC5)CC4)cc3c2)nn1. The molecule has 0 saturated carbocycles. The van der Waals surface area contributed by atoms with E-state index in [1.807, 2.05) is 37.6 Å². The Labute approximate surface area is 169 Å². The van der Waals surface area contributed by atoms with Crippen LogP contribution in [0.3, 0.4) is 0 Å². The molecule has 5 rings (SSSR count). The van der Waals surface area contributed by atoms with Crippen LogP contribution in [0.1, 0.15) is 18.5 Å². The molecule has 7 nitrogen and oxygen atoms in total. The van der Waals surface area contributed by atoms with Gasteiger partial charge in [0.1, 0.15) is 11.5 Å². The molecule has 3 aromatic rings. The van der Waals surface area contributed by atoms with Gasteiger partial charge in [-0.15, -0.1) is 5.10 Å². The predicted octanol–water partition coefficient (Wildman–Crippen LogP) is 2.25. The highest BCUT2D eigenvalue weighted by atomic mass is 16.5. The zero-order valence-corrected chi connectivity index (χ0v) is 16.6. The molecule has 4 heterocycles. The fraction of sp³-hybridized carbons (Fsp3) is 0.455. The van der Waals surface area contributed by atoms with Crippen molar-refractivity contribution in [2.24, 2.45) is 13.0 Å². The highest BCUT2D eigenvalue weighted by Crippen LogP contribution is 2.25. The first-order chi connectivity index (χ1) is 14.2. The lowest BCUT2D eigenvalue weighted by molar-refractivity contribution is -0.125. The number of Topliss-reactive ketones (excluding diaryl/α,β-unsaturated/α-hetero) is 1. The Balaban J connectivity index is 1.28. The van der Waals surface area contributed by atoms with Crippen molar-refractivity contribution in [2.75, 3.05) is 26.3 Å². The molecule has 2 aliphatic heterocycles. The van der Waals surface area contributed by atoms with Crippen molar-refractivity contribution in [1.82, 2.24) is 24.9 Å². The molecule has 0 aliphatic carbocycles. The van der Waals surface area contributed by atoms with Crippen LogP contribution in [0.5, 0.6) is 0 Å². The Kier molecular flexibility index (Phi) is 4.85. The molecule has 2 saturated heterocycles. The van der Waals surface area contributed by atoms with Gasteiger partial charge in [0, 0.05) is 42.2 Å². The average molecular weight is 391 g/mol. The first-order valence-corrected chi connectivity index (χ1v) is 10.3. The van der Waals surface area contributed by atoms with E-state index in [4.69, 9.17) is 4.74 Å². The monoisotopic (exact) mass is 391 g/mol. The van der Waals surface area contributed by atoms with E-state index in [0.717, 1.165) is 66.9 Å². The van der Waals surface area contributed by atoms with Crippen molar-refractivity contribution in [3.8, 4) is 11.3 Å². The lowest BCUT2D eigenvalue weighted by Gasteiger charge is -2.41. The summed E-state index contributed by atoms with van der Waals surface area (Å²) in [5.74, 6) is 0.460. The van der Waals surface area contributed by atoms with Gasteiger partial charge in [0.05, 0.1) is 25.5 Å². The van der Waals surface area contributed by atoms with Crippen LogP contribution in [0.15, 0.2) is 36.7 Å². The van der Waals surface area contributed by atoms with Gasteiger partial charge in [-0.3, -0.25) is 19.4 Å². The van der Waals surface area contributed by atoms with Crippen LogP contribution >= 0.6 is 0 Å². The van der Waals surface area contributed by atoms with Crippen LogP contribution in [-0.2, 0) is 23.0 Å². The molecule has 0 bridgehead atoms. The summed E-state index contributed by atoms with van der Waals surface area (Å²) >= 11 is 0. The molecule has 2 aliphatic rings. The van der Waals surface area contributed by atoms with Gasteiger partial charge in [0.2, 0.25) is 0 Å². The summed E-state index contributed by atoms with van der Waals surface area (Å²) in [5.41, 5.74) is 2.70. The van der Waals surface area contributed by atoms with Crippen LogP contribution in [0, 0.1) is 5.92 Å². The van der Waals surface area contributed by atoms with Gasteiger partial charge < -0.3 is 4.74 Å². The molecule has 0 radical (unpaired) electrons. The Bertz CT molecular complexity index is 1030. The van der Waals surface area contributed by atoms with Gasteiger partial charge in [-0.2, -0.15) is 0 Å². The Hall–Kier alpha value is -2.64. The molecule has 2 aromatic heterocycles. The molecular weight excluding hydrogens is 366 g/mol. The minimum atomic E-state index is 0.149. The van der Waals surface area contributed by atoms with E-state index < -0.39 is 0 Å². The van der Waals surface area contributed by atoms with E-state index in [1.165, 1.54) is 0 Å². The fourth-order valence-electron chi connectivity index (χ4n) is 4.27. The van der Waals surface area contributed by atoms with Crippen molar-refractivity contribution < 1.29 is 9.53 Å². The second-order valence-electron chi connectivity index (χ2n) is 8.16. The van der Waals surface area contributed by atoms with Gasteiger partial charge in [-0.25, -0.2) is 0 Å². The Morgan fingerprint density at radius 2 is 2.00 bits per heavy atom. The number of aromatic nitrogens is 4. The predicted molar refractivity (Wildman–Crippen MR) is 109 cm³/mol. The summed E-state index contributed by atoms with van der Waals surface area (Å²) in [4.78, 5) is 19.9. The maximum absolute atomic E-state index is 12.9. The Morgan fingerprint density at radius 1 is 1.17 bits per heavy atom. The van der Waals surface area contributed by atoms with Gasteiger partial charge in [-0.05, 0) is 43.5 Å². The molecule has 2 fully saturated rings. The summed E-state index contributed by atoms with van der Waals surface area (Å²) in [6.45, 7) is 3.68. The minimum Gasteiger partial charge on any atom is -0.378 e. The number of carbonyl (C=O) groups excluding carboxylic acids is 1. The fourth-order valence-corrected chi connectivity index (χ4v) is 4.27. The number of piperidine rings is 1. The third kappa shape index (κ3) is 3.80. The summed E-state index contributed by atoms with van der Waals surface area (Å²) in [5, 5.41) is 10.3. The van der Waals surface area contributed by atoms with E-state index in [1.54, 1.807) is 4.68 Å². The maximum atomic E-state index is 12.9. The van der Waals surface area contributed by atoms with Crippen molar-refractivity contribution in [2.45, 2.75) is 25.3 Å². The number of hydrogen-bond acceptors (Lipinski definition) is 6. The number of hydrogen-bond donors (Lipinski definition) is 0. The van der Waals surface area contributed by atoms with Gasteiger partial charge >= 0.3 is 0 Å². The van der Waals surface area contributed by atoms with E-state index in [0.29, 0.717) is 18.2 Å². The highest BCUT2D eigenvalue weighted by Gasteiger charge is 2.31. The molecule has 0 atom stereocenters. The number of ketones is 1. The summed E-state index contributed by atoms with van der Waals surface area (Å²) in [6.07, 6.45) is 6.05. The minimum absolute atomic E-state index is 0.149. The Morgan fingerprint density at radius 3 is 2.69 bits per heavy atom. The van der Waals surface area contributed by atoms with E-state index in [2.05, 4.69) is 26.3 Å². The van der Waals surface area contributed by atoms with Crippen LogP contribution in [0.2, 0.25) is 0 Å². The third-order valence-corrected chi connectivity index (χ3v) is 6.15. The molecule has 7 heteroatoms. The van der Waals surface area contributed by atoms with Crippen molar-refractivity contribution in [3.63, 3.8) is 0 Å². The van der Waals surface area contributed by atoms with Crippen LogP contribution < -0.4 is 0 Å². The number of benzene rings is 1. The van der Waals surface area contributed by atoms with Gasteiger partial charge in [0.25, 0.3) is 0 Å². The number of carbonyl (C=O) groups is 1. The van der Waals surface area contributed by atoms with Crippen molar-refractivity contribution in [1.29, 1.82) is 0 Å². The number of pyridine rings is 1. The van der Waals surface area contributed by atoms with Gasteiger partial charge in [-0.1, -0.05) is 17.3 Å². The van der Waals surface area contributed by atoms with Crippen molar-refractivity contribution >= 4 is 16.6 Å². The second-order valence-corrected chi connectivity index (χ2v) is 8.16. The number of nitrogens with zero attached hydrogens (tertiary/aromatic N) is 5. The van der Waals surface area contributed by atoms with Crippen molar-refractivity contribution in [3.05, 3.63) is 42.4 Å². The number of ether oxygens (including phenoxy) is 1. The molecule has 0 amide bonds. The molecule has 0 spiro atoms. The average Bonchev–Trinajstić information content (AvgIpc) is 3.13. The standard InChI is InChI=1S/C22H25N5O2/c1-26-12-21(24-25-26)16-2-3-17-11-23-19(9-18(17)8-16)10-22(28)15-4-6-27(7-5-15)20-13-29-14-20/h2-3,8-9,11-12,15,20H,4-7,10,13-14H2,1H3. The number of fused-ring (bicyclic) bond motifs is 1. The van der Waals surface area contributed by atoms with E-state index >= 15 is 0 Å². The maximum Gasteiger partial charge on any atom is 0.142 e. The quantitative estimate of drug-likeness (QED) is 0.664. The highest BCUT2D eigenvalue weighted by molar-refractivity contribution is 5.88. The molecule has 0 N–H and O–H groups in total. The molecule has 1 aromatic carbocycles. The lowest BCUT2D eigenvalue weighted by atomic mass is 9.89. The normalized spacial score (nSPS) is 18.8. The van der Waals surface area contributed by atoms with Crippen LogP contribution in [-0.4, -0.2) is 63.0 Å². The summed E-state index contributed by atoms with van der Waals surface area (Å²) < 4.78 is 6.98. The second kappa shape index (κ2) is 7.65. The zero-order chi connectivity index (χ0) is 19.8. The molecule has 0 unspecified atom stereocenters. The summed E-state index contributed by atoms with van der Waals surface area (Å²) in [6, 6.07) is 8.76. The number of aryl methyl sites for hydroxylation is 1. The van der Waals surface area contributed by atoms with E-state index in [-0.39, 0.29) is 5.92 Å². The lowest BCUT2D eigenvalue weighted by Crippen LogP contribution is -2.52. The molecule has 150 valence electrons.